The average molecular weight is 446 g/mol. The number of hydrogen-bond acceptors (Lipinski definition) is 6. The molecule has 0 radical (unpaired) electrons. The number of fused-ring (bicyclic) bond motifs is 1. The van der Waals surface area contributed by atoms with Crippen LogP contribution in [0.2, 0.25) is 0 Å². The fourth-order valence-corrected chi connectivity index (χ4v) is 4.65. The van der Waals surface area contributed by atoms with E-state index in [0.29, 0.717) is 49.9 Å². The Morgan fingerprint density at radius 3 is 2.68 bits per heavy atom. The highest BCUT2D eigenvalue weighted by atomic mass is 79.9. The Morgan fingerprint density at radius 1 is 1.25 bits per heavy atom. The fraction of sp³-hybridized carbons (Fsp3) is 0.421. The van der Waals surface area contributed by atoms with Crippen molar-refractivity contribution in [3.63, 3.8) is 0 Å². The van der Waals surface area contributed by atoms with Gasteiger partial charge in [0.15, 0.2) is 5.65 Å². The van der Waals surface area contributed by atoms with Crippen molar-refractivity contribution in [1.82, 2.24) is 19.7 Å². The molecule has 9 heteroatoms. The summed E-state index contributed by atoms with van der Waals surface area (Å²) in [5.74, 6) is 0.529. The van der Waals surface area contributed by atoms with Gasteiger partial charge in [-0.2, -0.15) is 4.98 Å². The Hall–Kier alpha value is -2.23. The van der Waals surface area contributed by atoms with Gasteiger partial charge in [0.25, 0.3) is 5.56 Å². The van der Waals surface area contributed by atoms with Crippen molar-refractivity contribution in [3.05, 3.63) is 44.3 Å². The third kappa shape index (κ3) is 2.85. The summed E-state index contributed by atoms with van der Waals surface area (Å²) in [6.45, 7) is 7.10. The summed E-state index contributed by atoms with van der Waals surface area (Å²) in [5, 5.41) is 5.08. The lowest BCUT2D eigenvalue weighted by molar-refractivity contribution is -0.212. The molecule has 2 aromatic heterocycles. The largest absolute Gasteiger partial charge is 0.375 e. The van der Waals surface area contributed by atoms with Crippen LogP contribution in [0.25, 0.3) is 16.7 Å². The molecular formula is C19H20BrN5O3. The summed E-state index contributed by atoms with van der Waals surface area (Å²) in [5.41, 5.74) is 3.05. The number of hydrogen-bond donors (Lipinski definition) is 1. The minimum Gasteiger partial charge on any atom is -0.375 e. The molecule has 28 heavy (non-hydrogen) atoms. The van der Waals surface area contributed by atoms with Gasteiger partial charge in [-0.15, -0.1) is 5.10 Å². The van der Waals surface area contributed by atoms with E-state index < -0.39 is 0 Å². The number of benzene rings is 1. The topological polar surface area (TPSA) is 85.3 Å². The van der Waals surface area contributed by atoms with Crippen LogP contribution in [-0.4, -0.2) is 58.3 Å². The molecule has 0 atom stereocenters. The van der Waals surface area contributed by atoms with Crippen LogP contribution in [0.3, 0.4) is 0 Å². The van der Waals surface area contributed by atoms with Crippen molar-refractivity contribution >= 4 is 32.9 Å². The van der Waals surface area contributed by atoms with E-state index in [1.54, 1.807) is 10.9 Å². The molecule has 0 saturated carbocycles. The van der Waals surface area contributed by atoms with Gasteiger partial charge >= 0.3 is 0 Å². The fourth-order valence-electron chi connectivity index (χ4n) is 3.96. The van der Waals surface area contributed by atoms with Crippen molar-refractivity contribution in [1.29, 1.82) is 0 Å². The molecule has 0 bridgehead atoms. The zero-order valence-electron chi connectivity index (χ0n) is 15.7. The van der Waals surface area contributed by atoms with E-state index in [0.717, 1.165) is 21.3 Å². The van der Waals surface area contributed by atoms with Crippen LogP contribution in [0.1, 0.15) is 11.1 Å². The SMILES string of the molecule is Cc1cc(Br)cc(C)c1-n1cc2c(=O)[nH]c(N3CCOC4(COC4)C3)nc2n1. The minimum absolute atomic E-state index is 0.191. The van der Waals surface area contributed by atoms with E-state index in [9.17, 15) is 4.79 Å². The van der Waals surface area contributed by atoms with Crippen molar-refractivity contribution < 1.29 is 9.47 Å². The number of halogens is 1. The first-order valence-corrected chi connectivity index (χ1v) is 9.97. The average Bonchev–Trinajstić information content (AvgIpc) is 3.04. The third-order valence-corrected chi connectivity index (χ3v) is 5.80. The van der Waals surface area contributed by atoms with Gasteiger partial charge in [-0.1, -0.05) is 15.9 Å². The number of ether oxygens (including phenoxy) is 2. The molecule has 8 nitrogen and oxygen atoms in total. The molecule has 0 aliphatic carbocycles. The molecule has 0 unspecified atom stereocenters. The first kappa shape index (κ1) is 17.8. The quantitative estimate of drug-likeness (QED) is 0.649. The summed E-state index contributed by atoms with van der Waals surface area (Å²) in [7, 11) is 0. The summed E-state index contributed by atoms with van der Waals surface area (Å²) in [6, 6.07) is 4.07. The molecular weight excluding hydrogens is 426 g/mol. The first-order chi connectivity index (χ1) is 13.4. The number of nitrogens with one attached hydrogen (secondary N) is 1. The lowest BCUT2D eigenvalue weighted by Gasteiger charge is -2.47. The van der Waals surface area contributed by atoms with Crippen LogP contribution in [0.5, 0.6) is 0 Å². The number of aromatic nitrogens is 4. The normalized spacial score (nSPS) is 18.6. The molecule has 2 aliphatic heterocycles. The lowest BCUT2D eigenvalue weighted by atomic mass is 10.00. The molecule has 1 N–H and O–H groups in total. The van der Waals surface area contributed by atoms with Crippen LogP contribution in [0, 0.1) is 13.8 Å². The summed E-state index contributed by atoms with van der Waals surface area (Å²) in [4.78, 5) is 22.3. The highest BCUT2D eigenvalue weighted by Gasteiger charge is 2.44. The van der Waals surface area contributed by atoms with E-state index in [4.69, 9.17) is 9.47 Å². The summed E-state index contributed by atoms with van der Waals surface area (Å²) >= 11 is 3.52. The van der Waals surface area contributed by atoms with Gasteiger partial charge in [0.05, 0.1) is 32.1 Å². The van der Waals surface area contributed by atoms with Crippen molar-refractivity contribution in [2.24, 2.45) is 0 Å². The van der Waals surface area contributed by atoms with Crippen molar-refractivity contribution in [2.75, 3.05) is 37.8 Å². The second-order valence-corrected chi connectivity index (χ2v) is 8.45. The molecule has 2 fully saturated rings. The minimum atomic E-state index is -0.281. The predicted octanol–water partition coefficient (Wildman–Crippen LogP) is 2.09. The van der Waals surface area contributed by atoms with Gasteiger partial charge in [0.2, 0.25) is 5.95 Å². The maximum absolute atomic E-state index is 12.7. The Balaban J connectivity index is 1.56. The van der Waals surface area contributed by atoms with Gasteiger partial charge in [0.1, 0.15) is 11.0 Å². The molecule has 5 rings (SSSR count). The summed E-state index contributed by atoms with van der Waals surface area (Å²) in [6.07, 6.45) is 1.74. The van der Waals surface area contributed by atoms with Crippen molar-refractivity contribution in [2.45, 2.75) is 19.4 Å². The lowest BCUT2D eigenvalue weighted by Crippen LogP contribution is -2.63. The van der Waals surface area contributed by atoms with Crippen LogP contribution in [-0.2, 0) is 9.47 Å². The van der Waals surface area contributed by atoms with Gasteiger partial charge in [-0.3, -0.25) is 9.78 Å². The van der Waals surface area contributed by atoms with E-state index in [1.807, 2.05) is 30.9 Å². The Labute approximate surface area is 169 Å². The number of aromatic amines is 1. The van der Waals surface area contributed by atoms with E-state index in [1.165, 1.54) is 0 Å². The second kappa shape index (κ2) is 6.40. The van der Waals surface area contributed by atoms with Crippen LogP contribution in [0.4, 0.5) is 5.95 Å². The highest BCUT2D eigenvalue weighted by molar-refractivity contribution is 9.10. The number of H-pyrrole nitrogens is 1. The molecule has 1 aromatic carbocycles. The van der Waals surface area contributed by atoms with Crippen LogP contribution < -0.4 is 10.5 Å². The molecule has 146 valence electrons. The number of anilines is 1. The van der Waals surface area contributed by atoms with Gasteiger partial charge in [-0.25, -0.2) is 4.68 Å². The number of rotatable bonds is 2. The third-order valence-electron chi connectivity index (χ3n) is 5.34. The summed E-state index contributed by atoms with van der Waals surface area (Å²) < 4.78 is 13.9. The molecule has 0 amide bonds. The van der Waals surface area contributed by atoms with E-state index in [2.05, 4.69) is 31.0 Å². The Morgan fingerprint density at radius 2 is 2.00 bits per heavy atom. The molecule has 4 heterocycles. The molecule has 1 spiro atoms. The zero-order valence-corrected chi connectivity index (χ0v) is 17.2. The zero-order chi connectivity index (χ0) is 19.5. The van der Waals surface area contributed by atoms with E-state index >= 15 is 0 Å². The second-order valence-electron chi connectivity index (χ2n) is 7.53. The number of morpholine rings is 1. The smallest absolute Gasteiger partial charge is 0.263 e. The number of aryl methyl sites for hydroxylation is 2. The van der Waals surface area contributed by atoms with E-state index in [-0.39, 0.29) is 11.2 Å². The van der Waals surface area contributed by atoms with Gasteiger partial charge in [0, 0.05) is 17.2 Å². The monoisotopic (exact) mass is 445 g/mol. The molecule has 2 saturated heterocycles. The maximum Gasteiger partial charge on any atom is 0.263 e. The van der Waals surface area contributed by atoms with Crippen LogP contribution in [0.15, 0.2) is 27.6 Å². The standard InChI is InChI=1S/C19H20BrN5O3/c1-11-5-13(20)6-12(2)15(11)25-7-14-16(23-25)21-18(22-17(14)26)24-3-4-28-19(8-24)9-27-10-19/h5-7H,3-4,8-10H2,1-2H3,(H,21,22,23,26). The predicted molar refractivity (Wildman–Crippen MR) is 108 cm³/mol. The van der Waals surface area contributed by atoms with Crippen molar-refractivity contribution in [3.8, 4) is 5.69 Å². The number of nitrogens with zero attached hydrogens (tertiary/aromatic N) is 4. The van der Waals surface area contributed by atoms with Gasteiger partial charge < -0.3 is 14.4 Å². The molecule has 2 aliphatic rings. The Kier molecular flexibility index (Phi) is 4.08. The van der Waals surface area contributed by atoms with Gasteiger partial charge in [-0.05, 0) is 37.1 Å². The highest BCUT2D eigenvalue weighted by Crippen LogP contribution is 2.28. The van der Waals surface area contributed by atoms with Crippen LogP contribution >= 0.6 is 15.9 Å². The molecule has 3 aromatic rings. The first-order valence-electron chi connectivity index (χ1n) is 9.18. The Bertz CT molecular complexity index is 1110. The maximum atomic E-state index is 12.7.